The maximum absolute atomic E-state index is 12.7. The van der Waals surface area contributed by atoms with Gasteiger partial charge in [-0.2, -0.15) is 18.2 Å². The Balaban J connectivity index is 2.31. The molecule has 0 saturated carbocycles. The third-order valence-electron chi connectivity index (χ3n) is 3.15. The lowest BCUT2D eigenvalue weighted by Gasteiger charge is -2.23. The summed E-state index contributed by atoms with van der Waals surface area (Å²) in [5, 5.41) is 3.56. The molecule has 102 valence electrons. The van der Waals surface area contributed by atoms with Crippen molar-refractivity contribution in [1.29, 1.82) is 0 Å². The SMILES string of the molecule is CC1(c2noc(C(C)(N)C(F)(F)F)n2)CCCO1. The van der Waals surface area contributed by atoms with E-state index in [0.717, 1.165) is 13.3 Å². The first-order valence-electron chi connectivity index (χ1n) is 5.51. The maximum Gasteiger partial charge on any atom is 0.415 e. The number of alkyl halides is 3. The van der Waals surface area contributed by atoms with E-state index in [4.69, 9.17) is 10.5 Å². The Kier molecular flexibility index (Phi) is 2.90. The molecule has 5 nitrogen and oxygen atoms in total. The van der Waals surface area contributed by atoms with Crippen molar-refractivity contribution < 1.29 is 22.4 Å². The molecule has 1 aromatic heterocycles. The first kappa shape index (κ1) is 13.3. The molecule has 2 rings (SSSR count). The topological polar surface area (TPSA) is 74.2 Å². The van der Waals surface area contributed by atoms with Gasteiger partial charge in [0.1, 0.15) is 5.60 Å². The zero-order chi connectivity index (χ0) is 13.6. The van der Waals surface area contributed by atoms with Crippen LogP contribution in [0.4, 0.5) is 13.2 Å². The molecule has 8 heteroatoms. The Morgan fingerprint density at radius 3 is 2.56 bits per heavy atom. The number of hydrogen-bond donors (Lipinski definition) is 1. The Morgan fingerprint density at radius 1 is 1.39 bits per heavy atom. The van der Waals surface area contributed by atoms with Crippen molar-refractivity contribution >= 4 is 0 Å². The molecule has 2 atom stereocenters. The zero-order valence-corrected chi connectivity index (χ0v) is 10.0. The molecule has 2 unspecified atom stereocenters. The number of rotatable bonds is 2. The average Bonchev–Trinajstić information content (AvgIpc) is 2.84. The molecule has 1 saturated heterocycles. The Hall–Kier alpha value is -1.15. The van der Waals surface area contributed by atoms with E-state index in [-0.39, 0.29) is 5.82 Å². The third kappa shape index (κ3) is 1.99. The molecule has 1 aliphatic rings. The van der Waals surface area contributed by atoms with Crippen LogP contribution in [-0.2, 0) is 15.9 Å². The highest BCUT2D eigenvalue weighted by atomic mass is 19.4. The van der Waals surface area contributed by atoms with Gasteiger partial charge in [-0.1, -0.05) is 5.16 Å². The summed E-state index contributed by atoms with van der Waals surface area (Å²) in [5.41, 5.74) is 1.76. The van der Waals surface area contributed by atoms with Gasteiger partial charge in [0.05, 0.1) is 0 Å². The summed E-state index contributed by atoms with van der Waals surface area (Å²) in [7, 11) is 0. The van der Waals surface area contributed by atoms with Gasteiger partial charge in [0.2, 0.25) is 5.82 Å². The summed E-state index contributed by atoms with van der Waals surface area (Å²) < 4.78 is 48.2. The summed E-state index contributed by atoms with van der Waals surface area (Å²) >= 11 is 0. The smallest absolute Gasteiger partial charge is 0.367 e. The highest BCUT2D eigenvalue weighted by Crippen LogP contribution is 2.38. The van der Waals surface area contributed by atoms with Crippen LogP contribution in [0.25, 0.3) is 0 Å². The van der Waals surface area contributed by atoms with Crippen molar-refractivity contribution in [3.63, 3.8) is 0 Å². The summed E-state index contributed by atoms with van der Waals surface area (Å²) in [4.78, 5) is 3.75. The minimum absolute atomic E-state index is 0.107. The van der Waals surface area contributed by atoms with E-state index in [2.05, 4.69) is 14.7 Å². The number of nitrogens with zero attached hydrogens (tertiary/aromatic N) is 2. The van der Waals surface area contributed by atoms with Gasteiger partial charge in [-0.05, 0) is 26.7 Å². The van der Waals surface area contributed by atoms with Crippen molar-refractivity contribution in [2.75, 3.05) is 6.61 Å². The minimum atomic E-state index is -4.66. The normalized spacial score (nSPS) is 28.3. The van der Waals surface area contributed by atoms with Crippen LogP contribution in [0.15, 0.2) is 4.52 Å². The second kappa shape index (κ2) is 3.92. The van der Waals surface area contributed by atoms with E-state index in [0.29, 0.717) is 13.0 Å². The molecule has 0 amide bonds. The van der Waals surface area contributed by atoms with Gasteiger partial charge in [0.25, 0.3) is 5.89 Å². The summed E-state index contributed by atoms with van der Waals surface area (Å²) in [6.45, 7) is 3.04. The largest absolute Gasteiger partial charge is 0.415 e. The van der Waals surface area contributed by atoms with Gasteiger partial charge in [-0.15, -0.1) is 0 Å². The van der Waals surface area contributed by atoms with Crippen LogP contribution in [0.2, 0.25) is 0 Å². The van der Waals surface area contributed by atoms with E-state index in [1.165, 1.54) is 0 Å². The number of aromatic nitrogens is 2. The van der Waals surface area contributed by atoms with Crippen molar-refractivity contribution in [1.82, 2.24) is 10.1 Å². The number of nitrogens with two attached hydrogens (primary N) is 1. The second-order valence-electron chi connectivity index (χ2n) is 4.81. The predicted octanol–water partition coefficient (Wildman–Crippen LogP) is 1.83. The third-order valence-corrected chi connectivity index (χ3v) is 3.15. The fourth-order valence-corrected chi connectivity index (χ4v) is 1.73. The average molecular weight is 265 g/mol. The number of halogens is 3. The van der Waals surface area contributed by atoms with Crippen LogP contribution in [0, 0.1) is 0 Å². The molecule has 18 heavy (non-hydrogen) atoms. The lowest BCUT2D eigenvalue weighted by molar-refractivity contribution is -0.190. The summed E-state index contributed by atoms with van der Waals surface area (Å²) in [6.07, 6.45) is -3.22. The fraction of sp³-hybridized carbons (Fsp3) is 0.800. The van der Waals surface area contributed by atoms with Crippen molar-refractivity contribution in [2.45, 2.75) is 44.0 Å². The first-order valence-corrected chi connectivity index (χ1v) is 5.51. The Morgan fingerprint density at radius 2 is 2.06 bits per heavy atom. The van der Waals surface area contributed by atoms with E-state index in [9.17, 15) is 13.2 Å². The Labute approximate surface area is 101 Å². The van der Waals surface area contributed by atoms with Crippen molar-refractivity contribution in [3.05, 3.63) is 11.7 Å². The molecular weight excluding hydrogens is 251 g/mol. The van der Waals surface area contributed by atoms with Gasteiger partial charge >= 0.3 is 6.18 Å². The van der Waals surface area contributed by atoms with Crippen LogP contribution in [0.3, 0.4) is 0 Å². The van der Waals surface area contributed by atoms with Gasteiger partial charge < -0.3 is 15.0 Å². The highest BCUT2D eigenvalue weighted by Gasteiger charge is 2.54. The van der Waals surface area contributed by atoms with Gasteiger partial charge in [0.15, 0.2) is 5.54 Å². The molecule has 0 radical (unpaired) electrons. The monoisotopic (exact) mass is 265 g/mol. The van der Waals surface area contributed by atoms with E-state index < -0.39 is 23.2 Å². The predicted molar refractivity (Wildman–Crippen MR) is 54.4 cm³/mol. The Bertz CT molecular complexity index is 436. The van der Waals surface area contributed by atoms with Gasteiger partial charge in [0, 0.05) is 6.61 Å². The molecular formula is C10H14F3N3O2. The van der Waals surface area contributed by atoms with Gasteiger partial charge in [-0.3, -0.25) is 0 Å². The van der Waals surface area contributed by atoms with Crippen molar-refractivity contribution in [3.8, 4) is 0 Å². The molecule has 1 fully saturated rings. The van der Waals surface area contributed by atoms with Crippen LogP contribution < -0.4 is 5.73 Å². The van der Waals surface area contributed by atoms with Crippen LogP contribution in [0.5, 0.6) is 0 Å². The zero-order valence-electron chi connectivity index (χ0n) is 10.0. The standard InChI is InChI=1S/C10H14F3N3O2/c1-8(4-3-5-17-8)6-15-7(18-16-6)9(2,14)10(11,12)13/h3-5,14H2,1-2H3. The minimum Gasteiger partial charge on any atom is -0.367 e. The molecule has 2 heterocycles. The van der Waals surface area contributed by atoms with Crippen LogP contribution in [-0.4, -0.2) is 22.9 Å². The molecule has 0 aliphatic carbocycles. The first-order chi connectivity index (χ1) is 8.17. The van der Waals surface area contributed by atoms with Crippen LogP contribution in [0.1, 0.15) is 38.4 Å². The number of hydrogen-bond acceptors (Lipinski definition) is 5. The number of ether oxygens (including phenoxy) is 1. The maximum atomic E-state index is 12.7. The van der Waals surface area contributed by atoms with Crippen LogP contribution >= 0.6 is 0 Å². The van der Waals surface area contributed by atoms with E-state index in [1.807, 2.05) is 0 Å². The lowest BCUT2D eigenvalue weighted by Crippen LogP contribution is -2.48. The molecule has 1 aromatic rings. The quantitative estimate of drug-likeness (QED) is 0.883. The second-order valence-corrected chi connectivity index (χ2v) is 4.81. The lowest BCUT2D eigenvalue weighted by atomic mass is 10.0. The fourth-order valence-electron chi connectivity index (χ4n) is 1.73. The molecule has 1 aliphatic heterocycles. The van der Waals surface area contributed by atoms with E-state index >= 15 is 0 Å². The van der Waals surface area contributed by atoms with Crippen molar-refractivity contribution in [2.24, 2.45) is 5.73 Å². The summed E-state index contributed by atoms with van der Waals surface area (Å²) in [5.74, 6) is -0.544. The molecule has 2 N–H and O–H groups in total. The molecule has 0 aromatic carbocycles. The molecule has 0 spiro atoms. The summed E-state index contributed by atoms with van der Waals surface area (Å²) in [6, 6.07) is 0. The highest BCUT2D eigenvalue weighted by molar-refractivity contribution is 5.08. The van der Waals surface area contributed by atoms with E-state index in [1.54, 1.807) is 6.92 Å². The van der Waals surface area contributed by atoms with Gasteiger partial charge in [-0.25, -0.2) is 0 Å². The molecule has 0 bridgehead atoms.